The van der Waals surface area contributed by atoms with E-state index in [0.29, 0.717) is 11.1 Å². The van der Waals surface area contributed by atoms with E-state index in [1.807, 2.05) is 12.1 Å². The topological polar surface area (TPSA) is 75.1 Å². The summed E-state index contributed by atoms with van der Waals surface area (Å²) < 4.78 is 15.1. The smallest absolute Gasteiger partial charge is 0.0999 e. The summed E-state index contributed by atoms with van der Waals surface area (Å²) in [5.74, 6) is 0. The second-order valence-corrected chi connectivity index (χ2v) is 35.6. The van der Waals surface area contributed by atoms with Crippen molar-refractivity contribution in [3.63, 3.8) is 0 Å². The molecule has 0 bridgehead atoms. The second-order valence-electron chi connectivity index (χ2n) is 35.6. The lowest BCUT2D eigenvalue weighted by Gasteiger charge is -2.26. The van der Waals surface area contributed by atoms with Gasteiger partial charge in [-0.25, -0.2) is 0 Å². The van der Waals surface area contributed by atoms with Crippen LogP contribution in [0.15, 0.2) is 237 Å². The van der Waals surface area contributed by atoms with Crippen molar-refractivity contribution in [2.24, 2.45) is 0 Å². The SMILES string of the molecule is CC(C)(C)c1ccc2c(c1)c1cc(C(C)(C)C)ccc1n2-c1ccc2c3cc4c(cc3n3c5ccccc5c1c23)c1ccc(-n2c3ccc(C(C)(C)C)cc3c3cc(C(C)(C)Cc5ccc6c7c(C#N)ccc8c9cc%10c(cc9n(c6c5)c87)c5ccc(C#N)c6c7ccccc7n%10c56)ccc32)c2c3ccccc3n4c12. The van der Waals surface area contributed by atoms with Crippen LogP contribution in [0.5, 0.6) is 0 Å². The minimum absolute atomic E-state index is 0.00233. The zero-order chi connectivity index (χ0) is 74.1. The number of nitrogens with zero attached hydrogens (tertiary/aromatic N) is 8. The Morgan fingerprint density at radius 2 is 0.536 bits per heavy atom. The standard InChI is InChI=1S/C102H74N8/c1-99(2,3)57-27-36-80-69(43-57)70-44-58(100(4,5)6)28-37-81(70)105(80)84-40-34-63-75-48-89-76(49-88(75)108-78-22-16-13-19-66(78)93(84)97(63)108)64-35-41-85(94-67-20-14-17-23-79(67)109(89)98(64)94)106-82-38-29-59(101(7,8)9)45-71(82)72-46-60(30-39-83(72)106)102(10,11)51-54-24-31-68-86(42-54)110-90-50-73-61-32-25-55(52-103)91-65-18-12-15-21-77(65)107(95(61)91)87(73)47-74(90)62-33-26-56(53-104)92(68)96(62)110/h12-50H,51H2,1-11H3. The molecule has 0 saturated carbocycles. The van der Waals surface area contributed by atoms with Gasteiger partial charge in [-0.05, 0) is 177 Å². The van der Waals surface area contributed by atoms with Crippen molar-refractivity contribution in [1.29, 1.82) is 10.5 Å². The van der Waals surface area contributed by atoms with Gasteiger partial charge in [-0.1, -0.05) is 191 Å². The molecule has 522 valence electrons. The highest BCUT2D eigenvalue weighted by Gasteiger charge is 2.33. The van der Waals surface area contributed by atoms with Crippen LogP contribution in [0, 0.1) is 22.7 Å². The van der Waals surface area contributed by atoms with E-state index in [1.165, 1.54) is 159 Å². The molecule has 0 radical (unpaired) electrons. The Hall–Kier alpha value is -13.1. The second kappa shape index (κ2) is 20.4. The maximum atomic E-state index is 10.8. The minimum Gasteiger partial charge on any atom is -0.309 e. The summed E-state index contributed by atoms with van der Waals surface area (Å²) >= 11 is 0. The highest BCUT2D eigenvalue weighted by atomic mass is 15.0. The number of nitriles is 2. The van der Waals surface area contributed by atoms with E-state index < -0.39 is 0 Å². The summed E-state index contributed by atoms with van der Waals surface area (Å²) in [4.78, 5) is 0. The van der Waals surface area contributed by atoms with Crippen molar-refractivity contribution in [3.05, 3.63) is 276 Å². The molecule has 24 aromatic rings. The molecule has 14 aromatic carbocycles. The molecule has 0 aliphatic carbocycles. The Morgan fingerprint density at radius 3 is 0.909 bits per heavy atom. The van der Waals surface area contributed by atoms with Gasteiger partial charge in [0.05, 0.1) is 123 Å². The first-order valence-corrected chi connectivity index (χ1v) is 38.8. The van der Waals surface area contributed by atoms with Crippen molar-refractivity contribution < 1.29 is 0 Å². The van der Waals surface area contributed by atoms with Gasteiger partial charge in [0.2, 0.25) is 0 Å². The van der Waals surface area contributed by atoms with Crippen LogP contribution in [-0.2, 0) is 28.1 Å². The summed E-state index contributed by atoms with van der Waals surface area (Å²) in [5.41, 5.74) is 28.6. The summed E-state index contributed by atoms with van der Waals surface area (Å²) in [6.07, 6.45) is 0.784. The molecule has 0 N–H and O–H groups in total. The molecule has 0 unspecified atom stereocenters. The molecule has 0 atom stereocenters. The Morgan fingerprint density at radius 1 is 0.245 bits per heavy atom. The Labute approximate surface area is 632 Å². The van der Waals surface area contributed by atoms with Crippen LogP contribution < -0.4 is 0 Å². The van der Waals surface area contributed by atoms with Crippen molar-refractivity contribution in [1.82, 2.24) is 26.7 Å². The van der Waals surface area contributed by atoms with Crippen molar-refractivity contribution >= 4 is 196 Å². The van der Waals surface area contributed by atoms with Gasteiger partial charge in [0.25, 0.3) is 0 Å². The predicted octanol–water partition coefficient (Wildman–Crippen LogP) is 26.6. The van der Waals surface area contributed by atoms with Crippen molar-refractivity contribution in [2.45, 2.75) is 104 Å². The van der Waals surface area contributed by atoms with E-state index in [2.05, 4.69) is 339 Å². The molecule has 8 heteroatoms. The zero-order valence-electron chi connectivity index (χ0n) is 63.3. The molecule has 0 aliphatic heterocycles. The first-order valence-electron chi connectivity index (χ1n) is 38.8. The summed E-state index contributed by atoms with van der Waals surface area (Å²) in [6, 6.07) is 95.3. The number of rotatable bonds is 5. The third-order valence-corrected chi connectivity index (χ3v) is 26.0. The average molecular weight is 1410 g/mol. The summed E-state index contributed by atoms with van der Waals surface area (Å²) in [5, 5.41) is 45.0. The van der Waals surface area contributed by atoms with Crippen LogP contribution in [0.3, 0.4) is 0 Å². The third kappa shape index (κ3) is 7.68. The van der Waals surface area contributed by atoms with E-state index in [1.54, 1.807) is 0 Å². The largest absolute Gasteiger partial charge is 0.309 e. The van der Waals surface area contributed by atoms with Gasteiger partial charge >= 0.3 is 0 Å². The highest BCUT2D eigenvalue weighted by Crippen LogP contribution is 2.52. The highest BCUT2D eigenvalue weighted by molar-refractivity contribution is 6.34. The first-order chi connectivity index (χ1) is 53.1. The van der Waals surface area contributed by atoms with E-state index in [4.69, 9.17) is 0 Å². The van der Waals surface area contributed by atoms with Gasteiger partial charge in [-0.2, -0.15) is 10.5 Å². The fourth-order valence-electron chi connectivity index (χ4n) is 20.7. The number of fused-ring (bicyclic) bond motifs is 30. The van der Waals surface area contributed by atoms with Crippen molar-refractivity contribution in [3.8, 4) is 23.5 Å². The Bertz CT molecular complexity index is 8350. The summed E-state index contributed by atoms with van der Waals surface area (Å²) in [6.45, 7) is 25.7. The molecule has 0 fully saturated rings. The van der Waals surface area contributed by atoms with E-state index >= 15 is 0 Å². The molecule has 24 rings (SSSR count). The van der Waals surface area contributed by atoms with E-state index in [-0.39, 0.29) is 21.7 Å². The minimum atomic E-state index is -0.303. The molecular weight excluding hydrogens is 1340 g/mol. The van der Waals surface area contributed by atoms with Gasteiger partial charge in [-0.3, -0.25) is 0 Å². The van der Waals surface area contributed by atoms with Gasteiger partial charge < -0.3 is 26.7 Å². The fourth-order valence-corrected chi connectivity index (χ4v) is 20.7. The normalized spacial score (nSPS) is 13.4. The lowest BCUT2D eigenvalue weighted by atomic mass is 9.78. The fraction of sp³-hybridized carbons (Fsp3) is 0.157. The van der Waals surface area contributed by atoms with Gasteiger partial charge in [0.1, 0.15) is 0 Å². The number of para-hydroxylation sites is 3. The lowest BCUT2D eigenvalue weighted by molar-refractivity contribution is 0.523. The van der Waals surface area contributed by atoms with Gasteiger partial charge in [0.15, 0.2) is 0 Å². The molecular formula is C102H74N8. The lowest BCUT2D eigenvalue weighted by Crippen LogP contribution is -2.20. The van der Waals surface area contributed by atoms with Gasteiger partial charge in [0, 0.05) is 108 Å². The number of benzene rings is 14. The Balaban J connectivity index is 0.670. The van der Waals surface area contributed by atoms with Crippen LogP contribution >= 0.6 is 0 Å². The quantitative estimate of drug-likeness (QED) is 0.172. The number of aromatic nitrogens is 6. The molecule has 0 saturated heterocycles. The summed E-state index contributed by atoms with van der Waals surface area (Å²) in [7, 11) is 0. The zero-order valence-corrected chi connectivity index (χ0v) is 63.3. The van der Waals surface area contributed by atoms with E-state index in [9.17, 15) is 10.5 Å². The molecule has 0 aliphatic rings. The molecule has 10 aromatic heterocycles. The monoisotopic (exact) mass is 1410 g/mol. The van der Waals surface area contributed by atoms with E-state index in [0.717, 1.165) is 82.6 Å². The van der Waals surface area contributed by atoms with Gasteiger partial charge in [-0.15, -0.1) is 0 Å². The van der Waals surface area contributed by atoms with Crippen molar-refractivity contribution in [2.75, 3.05) is 0 Å². The molecule has 110 heavy (non-hydrogen) atoms. The van der Waals surface area contributed by atoms with Crippen LogP contribution in [-0.4, -0.2) is 26.7 Å². The number of hydrogen-bond acceptors (Lipinski definition) is 2. The molecule has 0 spiro atoms. The molecule has 0 amide bonds. The molecule has 8 nitrogen and oxygen atoms in total. The maximum absolute atomic E-state index is 10.8. The van der Waals surface area contributed by atoms with Crippen LogP contribution in [0.2, 0.25) is 0 Å². The van der Waals surface area contributed by atoms with Crippen LogP contribution in [0.1, 0.15) is 115 Å². The molecule has 10 heterocycles. The van der Waals surface area contributed by atoms with Crippen LogP contribution in [0.25, 0.3) is 207 Å². The Kier molecular flexibility index (Phi) is 11.5. The predicted molar refractivity (Wildman–Crippen MR) is 462 cm³/mol. The third-order valence-electron chi connectivity index (χ3n) is 26.0. The first kappa shape index (κ1) is 62.0. The number of hydrogen-bond donors (Lipinski definition) is 0. The van der Waals surface area contributed by atoms with Crippen LogP contribution in [0.4, 0.5) is 0 Å². The average Bonchev–Trinajstić information content (AvgIpc) is 1.53. The maximum Gasteiger partial charge on any atom is 0.0999 e.